The number of carbonyl (C=O) groups is 1. The van der Waals surface area contributed by atoms with Crippen molar-refractivity contribution >= 4 is 21.6 Å². The molecule has 0 saturated carbocycles. The van der Waals surface area contributed by atoms with Crippen molar-refractivity contribution in [2.75, 3.05) is 18.0 Å². The summed E-state index contributed by atoms with van der Waals surface area (Å²) in [6, 6.07) is 13.1. The van der Waals surface area contributed by atoms with Crippen LogP contribution in [0.2, 0.25) is 0 Å². The molecule has 5 nitrogen and oxygen atoms in total. The molecule has 2 aromatic carbocycles. The zero-order valence-corrected chi connectivity index (χ0v) is 15.6. The number of hydrogen-bond acceptors (Lipinski definition) is 3. The Bertz CT molecular complexity index is 969. The lowest BCUT2D eigenvalue weighted by Crippen LogP contribution is -2.36. The van der Waals surface area contributed by atoms with Crippen LogP contribution in [0.5, 0.6) is 0 Å². The smallest absolute Gasteiger partial charge is 0.243 e. The van der Waals surface area contributed by atoms with Crippen molar-refractivity contribution in [3.63, 3.8) is 0 Å². The average molecular weight is 370 g/mol. The van der Waals surface area contributed by atoms with E-state index in [9.17, 15) is 13.2 Å². The SMILES string of the molecule is Cc1cc(S(=O)(=O)N2CCc3ccccc3C2)ccc1N1CCCC1=O. The van der Waals surface area contributed by atoms with E-state index in [1.807, 2.05) is 25.1 Å². The third-order valence-corrected chi connectivity index (χ3v) is 7.11. The quantitative estimate of drug-likeness (QED) is 0.835. The number of benzene rings is 2. The van der Waals surface area contributed by atoms with Gasteiger partial charge in [0.15, 0.2) is 0 Å². The molecule has 0 N–H and O–H groups in total. The third kappa shape index (κ3) is 2.93. The van der Waals surface area contributed by atoms with Gasteiger partial charge in [0.05, 0.1) is 4.90 Å². The molecular formula is C20H22N2O3S. The van der Waals surface area contributed by atoms with Crippen LogP contribution in [0.25, 0.3) is 0 Å². The van der Waals surface area contributed by atoms with Crippen LogP contribution in [0.1, 0.15) is 29.5 Å². The fourth-order valence-corrected chi connectivity index (χ4v) is 5.32. The maximum Gasteiger partial charge on any atom is 0.243 e. The maximum absolute atomic E-state index is 13.1. The van der Waals surface area contributed by atoms with E-state index in [4.69, 9.17) is 0 Å². The highest BCUT2D eigenvalue weighted by molar-refractivity contribution is 7.89. The van der Waals surface area contributed by atoms with Gasteiger partial charge >= 0.3 is 0 Å². The van der Waals surface area contributed by atoms with Gasteiger partial charge in [-0.3, -0.25) is 4.79 Å². The van der Waals surface area contributed by atoms with Gasteiger partial charge in [-0.25, -0.2) is 8.42 Å². The van der Waals surface area contributed by atoms with Crippen LogP contribution in [-0.2, 0) is 27.8 Å². The second-order valence-electron chi connectivity index (χ2n) is 6.95. The molecule has 26 heavy (non-hydrogen) atoms. The lowest BCUT2D eigenvalue weighted by molar-refractivity contribution is -0.117. The lowest BCUT2D eigenvalue weighted by Gasteiger charge is -2.28. The van der Waals surface area contributed by atoms with Crippen molar-refractivity contribution in [3.8, 4) is 0 Å². The molecular weight excluding hydrogens is 348 g/mol. The molecule has 2 aliphatic rings. The fourth-order valence-electron chi connectivity index (χ4n) is 3.82. The normalized spacial score (nSPS) is 18.2. The van der Waals surface area contributed by atoms with E-state index < -0.39 is 10.0 Å². The van der Waals surface area contributed by atoms with Crippen LogP contribution in [0.4, 0.5) is 5.69 Å². The molecule has 0 unspecified atom stereocenters. The monoisotopic (exact) mass is 370 g/mol. The summed E-state index contributed by atoms with van der Waals surface area (Å²) in [4.78, 5) is 14.0. The molecule has 0 aromatic heterocycles. The molecule has 0 spiro atoms. The zero-order valence-electron chi connectivity index (χ0n) is 14.8. The van der Waals surface area contributed by atoms with Crippen LogP contribution < -0.4 is 4.90 Å². The van der Waals surface area contributed by atoms with Gasteiger partial charge < -0.3 is 4.90 Å². The van der Waals surface area contributed by atoms with E-state index in [0.29, 0.717) is 31.0 Å². The van der Waals surface area contributed by atoms with E-state index in [1.54, 1.807) is 27.4 Å². The predicted molar refractivity (Wildman–Crippen MR) is 101 cm³/mol. The molecule has 0 aliphatic carbocycles. The number of anilines is 1. The third-order valence-electron chi connectivity index (χ3n) is 5.27. The molecule has 6 heteroatoms. The summed E-state index contributed by atoms with van der Waals surface area (Å²) in [5.74, 6) is 0.108. The van der Waals surface area contributed by atoms with Gasteiger partial charge in [0.2, 0.25) is 15.9 Å². The standard InChI is InChI=1S/C20H22N2O3S/c1-15-13-18(8-9-19(15)22-11-4-7-20(22)23)26(24,25)21-12-10-16-5-2-3-6-17(16)14-21/h2-3,5-6,8-9,13H,4,7,10-12,14H2,1H3. The van der Waals surface area contributed by atoms with Gasteiger partial charge in [-0.05, 0) is 54.7 Å². The van der Waals surface area contributed by atoms with Gasteiger partial charge in [0.25, 0.3) is 0 Å². The number of hydrogen-bond donors (Lipinski definition) is 0. The first-order chi connectivity index (χ1) is 12.5. The van der Waals surface area contributed by atoms with E-state index >= 15 is 0 Å². The van der Waals surface area contributed by atoms with Gasteiger partial charge in [-0.15, -0.1) is 0 Å². The second kappa shape index (κ2) is 6.52. The number of nitrogens with zero attached hydrogens (tertiary/aromatic N) is 2. The summed E-state index contributed by atoms with van der Waals surface area (Å²) in [7, 11) is -3.55. The van der Waals surface area contributed by atoms with Gasteiger partial charge in [0, 0.05) is 31.7 Å². The van der Waals surface area contributed by atoms with Gasteiger partial charge in [-0.2, -0.15) is 4.31 Å². The highest BCUT2D eigenvalue weighted by Gasteiger charge is 2.29. The largest absolute Gasteiger partial charge is 0.312 e. The first-order valence-corrected chi connectivity index (χ1v) is 10.4. The molecule has 136 valence electrons. The number of aryl methyl sites for hydroxylation is 1. The Kier molecular flexibility index (Phi) is 4.32. The highest BCUT2D eigenvalue weighted by atomic mass is 32.2. The summed E-state index contributed by atoms with van der Waals surface area (Å²) in [5, 5.41) is 0. The Morgan fingerprint density at radius 1 is 0.962 bits per heavy atom. The number of fused-ring (bicyclic) bond motifs is 1. The molecule has 1 amide bonds. The summed E-state index contributed by atoms with van der Waals surface area (Å²) in [6.07, 6.45) is 2.15. The predicted octanol–water partition coefficient (Wildman–Crippen LogP) is 2.87. The van der Waals surface area contributed by atoms with Crippen molar-refractivity contribution in [3.05, 3.63) is 59.2 Å². The van der Waals surface area contributed by atoms with Crippen molar-refractivity contribution in [2.45, 2.75) is 37.6 Å². The summed E-state index contributed by atoms with van der Waals surface area (Å²) in [5.41, 5.74) is 3.92. The zero-order chi connectivity index (χ0) is 18.3. The first-order valence-electron chi connectivity index (χ1n) is 8.95. The maximum atomic E-state index is 13.1. The number of rotatable bonds is 3. The molecule has 1 saturated heterocycles. The Hall–Kier alpha value is -2.18. The van der Waals surface area contributed by atoms with Crippen molar-refractivity contribution in [1.29, 1.82) is 0 Å². The minimum absolute atomic E-state index is 0.108. The Morgan fingerprint density at radius 3 is 2.42 bits per heavy atom. The molecule has 0 bridgehead atoms. The number of sulfonamides is 1. The summed E-state index contributed by atoms with van der Waals surface area (Å²) in [6.45, 7) is 3.47. The molecule has 2 heterocycles. The van der Waals surface area contributed by atoms with Gasteiger partial charge in [0.1, 0.15) is 0 Å². The molecule has 0 radical (unpaired) electrons. The van der Waals surface area contributed by atoms with Crippen LogP contribution in [0.3, 0.4) is 0 Å². The summed E-state index contributed by atoms with van der Waals surface area (Å²) >= 11 is 0. The molecule has 0 atom stereocenters. The van der Waals surface area contributed by atoms with Crippen LogP contribution in [0.15, 0.2) is 47.4 Å². The first kappa shape index (κ1) is 17.2. The topological polar surface area (TPSA) is 57.7 Å². The van der Waals surface area contributed by atoms with Crippen molar-refractivity contribution in [2.24, 2.45) is 0 Å². The molecule has 2 aliphatic heterocycles. The van der Waals surface area contributed by atoms with Crippen LogP contribution in [-0.4, -0.2) is 31.7 Å². The van der Waals surface area contributed by atoms with Crippen LogP contribution in [0, 0.1) is 6.92 Å². The number of carbonyl (C=O) groups excluding carboxylic acids is 1. The summed E-state index contributed by atoms with van der Waals surface area (Å²) < 4.78 is 27.7. The van der Waals surface area contributed by atoms with Crippen LogP contribution >= 0.6 is 0 Å². The minimum Gasteiger partial charge on any atom is -0.312 e. The second-order valence-corrected chi connectivity index (χ2v) is 8.89. The number of amides is 1. The average Bonchev–Trinajstić information content (AvgIpc) is 3.07. The van der Waals surface area contributed by atoms with E-state index in [-0.39, 0.29) is 5.91 Å². The highest BCUT2D eigenvalue weighted by Crippen LogP contribution is 2.30. The Morgan fingerprint density at radius 2 is 1.73 bits per heavy atom. The Labute approximate surface area is 154 Å². The molecule has 1 fully saturated rings. The Balaban J connectivity index is 1.62. The van der Waals surface area contributed by atoms with E-state index in [2.05, 4.69) is 6.07 Å². The minimum atomic E-state index is -3.55. The van der Waals surface area contributed by atoms with E-state index in [0.717, 1.165) is 29.7 Å². The molecule has 2 aromatic rings. The van der Waals surface area contributed by atoms with Crippen molar-refractivity contribution in [1.82, 2.24) is 4.31 Å². The van der Waals surface area contributed by atoms with Crippen molar-refractivity contribution < 1.29 is 13.2 Å². The fraction of sp³-hybridized carbons (Fsp3) is 0.350. The lowest BCUT2D eigenvalue weighted by atomic mass is 10.0. The van der Waals surface area contributed by atoms with E-state index in [1.165, 1.54) is 5.56 Å². The molecule has 4 rings (SSSR count). The van der Waals surface area contributed by atoms with Gasteiger partial charge in [-0.1, -0.05) is 24.3 Å².